The minimum absolute atomic E-state index is 0.223. The largest absolute Gasteiger partial charge is 0.454 e. The molecule has 0 aromatic heterocycles. The van der Waals surface area contributed by atoms with E-state index in [1.165, 1.54) is 16.7 Å². The number of ether oxygens (including phenoxy) is 2. The lowest BCUT2D eigenvalue weighted by Crippen LogP contribution is -2.52. The second-order valence-electron chi connectivity index (χ2n) is 7.51. The topological polar surface area (TPSA) is 45.2 Å². The quantitative estimate of drug-likeness (QED) is 0.850. The van der Waals surface area contributed by atoms with Gasteiger partial charge in [-0.1, -0.05) is 42.0 Å². The minimum atomic E-state index is 0.223. The van der Waals surface area contributed by atoms with Crippen molar-refractivity contribution in [2.24, 2.45) is 0 Å². The van der Waals surface area contributed by atoms with E-state index in [0.717, 1.165) is 50.6 Å². The van der Waals surface area contributed by atoms with Gasteiger partial charge in [-0.3, -0.25) is 9.80 Å². The molecule has 144 valence electrons. The lowest BCUT2D eigenvalue weighted by atomic mass is 10.1. The third-order valence-corrected chi connectivity index (χ3v) is 5.53. The molecule has 0 radical (unpaired) electrons. The third kappa shape index (κ3) is 4.26. The molecule has 0 unspecified atom stereocenters. The molecule has 0 amide bonds. The Kier molecular flexibility index (Phi) is 5.62. The lowest BCUT2D eigenvalue weighted by molar-refractivity contribution is 0.0495. The Morgan fingerprint density at radius 2 is 1.89 bits per heavy atom. The number of piperazine rings is 1. The highest BCUT2D eigenvalue weighted by molar-refractivity contribution is 5.48. The number of benzene rings is 2. The van der Waals surface area contributed by atoms with Crippen LogP contribution in [0.1, 0.15) is 23.1 Å². The summed E-state index contributed by atoms with van der Waals surface area (Å²) in [5.41, 5.74) is 3.81. The Morgan fingerprint density at radius 3 is 2.70 bits per heavy atom. The molecule has 1 atom stereocenters. The van der Waals surface area contributed by atoms with E-state index in [-0.39, 0.29) is 6.61 Å². The van der Waals surface area contributed by atoms with E-state index in [1.54, 1.807) is 0 Å². The van der Waals surface area contributed by atoms with Crippen LogP contribution in [-0.4, -0.2) is 54.0 Å². The number of aliphatic hydroxyl groups is 1. The summed E-state index contributed by atoms with van der Waals surface area (Å²) < 4.78 is 11.2. The highest BCUT2D eigenvalue weighted by Crippen LogP contribution is 2.36. The number of hydrogen-bond acceptors (Lipinski definition) is 5. The molecule has 2 heterocycles. The van der Waals surface area contributed by atoms with Crippen molar-refractivity contribution in [3.8, 4) is 11.5 Å². The average Bonchev–Trinajstić information content (AvgIpc) is 3.16. The maximum absolute atomic E-state index is 9.56. The number of fused-ring (bicyclic) bond motifs is 1. The van der Waals surface area contributed by atoms with E-state index >= 15 is 0 Å². The molecular weight excluding hydrogens is 340 g/mol. The fraction of sp³-hybridized carbons (Fsp3) is 0.455. The maximum Gasteiger partial charge on any atom is 0.231 e. The van der Waals surface area contributed by atoms with Crippen LogP contribution in [0.5, 0.6) is 11.5 Å². The van der Waals surface area contributed by atoms with Crippen molar-refractivity contribution < 1.29 is 14.6 Å². The van der Waals surface area contributed by atoms with Crippen molar-refractivity contribution >= 4 is 0 Å². The van der Waals surface area contributed by atoms with Crippen molar-refractivity contribution in [3.05, 3.63) is 59.2 Å². The van der Waals surface area contributed by atoms with Gasteiger partial charge in [-0.25, -0.2) is 0 Å². The third-order valence-electron chi connectivity index (χ3n) is 5.53. The number of hydrogen-bond donors (Lipinski definition) is 1. The smallest absolute Gasteiger partial charge is 0.231 e. The number of para-hydroxylation sites is 1. The van der Waals surface area contributed by atoms with Crippen LogP contribution in [-0.2, 0) is 13.1 Å². The Bertz CT molecular complexity index is 763. The molecule has 1 saturated heterocycles. The molecule has 5 heteroatoms. The lowest BCUT2D eigenvalue weighted by Gasteiger charge is -2.41. The molecular formula is C22H28N2O3. The maximum atomic E-state index is 9.56. The molecule has 1 fully saturated rings. The molecule has 0 aliphatic carbocycles. The van der Waals surface area contributed by atoms with Crippen LogP contribution in [0.25, 0.3) is 0 Å². The number of aryl methyl sites for hydroxylation is 1. The van der Waals surface area contributed by atoms with Gasteiger partial charge in [0.2, 0.25) is 6.79 Å². The fourth-order valence-corrected chi connectivity index (χ4v) is 4.02. The van der Waals surface area contributed by atoms with E-state index in [2.05, 4.69) is 47.1 Å². The fourth-order valence-electron chi connectivity index (χ4n) is 4.02. The average molecular weight is 368 g/mol. The van der Waals surface area contributed by atoms with Crippen molar-refractivity contribution in [1.82, 2.24) is 9.80 Å². The zero-order valence-corrected chi connectivity index (χ0v) is 15.9. The molecule has 0 spiro atoms. The Hall–Kier alpha value is -2.08. The van der Waals surface area contributed by atoms with Gasteiger partial charge in [0.1, 0.15) is 0 Å². The summed E-state index contributed by atoms with van der Waals surface area (Å²) in [5, 5.41) is 9.56. The van der Waals surface area contributed by atoms with Crippen LogP contribution < -0.4 is 9.47 Å². The monoisotopic (exact) mass is 368 g/mol. The van der Waals surface area contributed by atoms with Crippen molar-refractivity contribution in [2.75, 3.05) is 33.0 Å². The van der Waals surface area contributed by atoms with E-state index in [9.17, 15) is 5.11 Å². The highest BCUT2D eigenvalue weighted by atomic mass is 16.7. The van der Waals surface area contributed by atoms with Crippen LogP contribution in [0.2, 0.25) is 0 Å². The summed E-state index contributed by atoms with van der Waals surface area (Å²) in [7, 11) is 0. The Labute approximate surface area is 161 Å². The molecule has 4 rings (SSSR count). The minimum Gasteiger partial charge on any atom is -0.454 e. The van der Waals surface area contributed by atoms with E-state index in [0.29, 0.717) is 12.8 Å². The molecule has 2 aliphatic rings. The first kappa shape index (κ1) is 18.3. The summed E-state index contributed by atoms with van der Waals surface area (Å²) in [6, 6.07) is 15.2. The van der Waals surface area contributed by atoms with Gasteiger partial charge >= 0.3 is 0 Å². The van der Waals surface area contributed by atoms with Crippen LogP contribution >= 0.6 is 0 Å². The van der Waals surface area contributed by atoms with Crippen molar-refractivity contribution in [2.45, 2.75) is 32.5 Å². The van der Waals surface area contributed by atoms with Crippen molar-refractivity contribution in [3.63, 3.8) is 0 Å². The normalized spacial score (nSPS) is 20.1. The zero-order chi connectivity index (χ0) is 18.6. The van der Waals surface area contributed by atoms with Crippen molar-refractivity contribution in [1.29, 1.82) is 0 Å². The van der Waals surface area contributed by atoms with Crippen LogP contribution in [0.4, 0.5) is 0 Å². The van der Waals surface area contributed by atoms with Crippen LogP contribution in [0.15, 0.2) is 42.5 Å². The van der Waals surface area contributed by atoms with Crippen LogP contribution in [0.3, 0.4) is 0 Å². The number of nitrogens with zero attached hydrogens (tertiary/aromatic N) is 2. The predicted molar refractivity (Wildman–Crippen MR) is 105 cm³/mol. The molecule has 1 N–H and O–H groups in total. The van der Waals surface area contributed by atoms with Crippen LogP contribution in [0, 0.1) is 6.92 Å². The van der Waals surface area contributed by atoms with Gasteiger partial charge in [0.15, 0.2) is 11.5 Å². The summed E-state index contributed by atoms with van der Waals surface area (Å²) >= 11 is 0. The van der Waals surface area contributed by atoms with Gasteiger partial charge in [-0.05, 0) is 25.0 Å². The zero-order valence-electron chi connectivity index (χ0n) is 15.9. The van der Waals surface area contributed by atoms with Gasteiger partial charge in [0.25, 0.3) is 0 Å². The molecule has 27 heavy (non-hydrogen) atoms. The standard InChI is InChI=1S/C22H28N2O3/c1-17-5-7-18(8-6-17)13-24-11-10-23(15-20(24)9-12-25)14-19-3-2-4-21-22(19)27-16-26-21/h2-8,20,25H,9-16H2,1H3/t20-/m0/s1. The van der Waals surface area contributed by atoms with E-state index in [1.807, 2.05) is 12.1 Å². The first-order valence-corrected chi connectivity index (χ1v) is 9.73. The molecule has 0 saturated carbocycles. The molecule has 5 nitrogen and oxygen atoms in total. The second-order valence-corrected chi connectivity index (χ2v) is 7.51. The first-order valence-electron chi connectivity index (χ1n) is 9.73. The summed E-state index contributed by atoms with van der Waals surface area (Å²) in [5.74, 6) is 1.73. The van der Waals surface area contributed by atoms with Gasteiger partial charge in [0, 0.05) is 50.9 Å². The van der Waals surface area contributed by atoms with Gasteiger partial charge < -0.3 is 14.6 Å². The van der Waals surface area contributed by atoms with Gasteiger partial charge in [0.05, 0.1) is 0 Å². The van der Waals surface area contributed by atoms with Gasteiger partial charge in [-0.15, -0.1) is 0 Å². The summed E-state index contributed by atoms with van der Waals surface area (Å²) in [4.78, 5) is 4.97. The SMILES string of the molecule is Cc1ccc(CN2CCN(Cc3cccc4c3OCO4)C[C@@H]2CCO)cc1. The van der Waals surface area contributed by atoms with E-state index in [4.69, 9.17) is 9.47 Å². The first-order chi connectivity index (χ1) is 13.2. The predicted octanol–water partition coefficient (Wildman–Crippen LogP) is 2.79. The van der Waals surface area contributed by atoms with Gasteiger partial charge in [-0.2, -0.15) is 0 Å². The Morgan fingerprint density at radius 1 is 1.04 bits per heavy atom. The summed E-state index contributed by atoms with van der Waals surface area (Å²) in [6.07, 6.45) is 0.800. The highest BCUT2D eigenvalue weighted by Gasteiger charge is 2.28. The number of aliphatic hydroxyl groups excluding tert-OH is 1. The number of rotatable bonds is 6. The second kappa shape index (κ2) is 8.30. The molecule has 2 aromatic carbocycles. The molecule has 2 aromatic rings. The molecule has 2 aliphatic heterocycles. The summed E-state index contributed by atoms with van der Waals surface area (Å²) in [6.45, 7) is 7.42. The Balaban J connectivity index is 1.42. The molecule has 0 bridgehead atoms. The van der Waals surface area contributed by atoms with E-state index < -0.39 is 0 Å².